The van der Waals surface area contributed by atoms with Gasteiger partial charge in [0.05, 0.1) is 0 Å². The van der Waals surface area contributed by atoms with Gasteiger partial charge in [0.25, 0.3) is 0 Å². The van der Waals surface area contributed by atoms with Gasteiger partial charge in [0, 0.05) is 6.04 Å². The van der Waals surface area contributed by atoms with Crippen molar-refractivity contribution in [3.05, 3.63) is 34.4 Å². The smallest absolute Gasteiger partial charge is 0.0350 e. The van der Waals surface area contributed by atoms with E-state index in [1.54, 1.807) is 0 Å². The van der Waals surface area contributed by atoms with E-state index in [4.69, 9.17) is 5.73 Å². The minimum atomic E-state index is 0.167. The number of aryl methyl sites for hydroxylation is 1. The van der Waals surface area contributed by atoms with E-state index < -0.39 is 0 Å². The van der Waals surface area contributed by atoms with Crippen LogP contribution in [0.4, 0.5) is 0 Å². The highest BCUT2D eigenvalue weighted by atomic mass is 15.1. The first kappa shape index (κ1) is 16.2. The van der Waals surface area contributed by atoms with Crippen LogP contribution in [0.15, 0.2) is 12.1 Å². The van der Waals surface area contributed by atoms with Crippen molar-refractivity contribution in [1.82, 2.24) is 4.90 Å². The summed E-state index contributed by atoms with van der Waals surface area (Å²) >= 11 is 0. The van der Waals surface area contributed by atoms with Crippen LogP contribution >= 0.6 is 0 Å². The second-order valence-corrected chi connectivity index (χ2v) is 6.77. The van der Waals surface area contributed by atoms with Gasteiger partial charge < -0.3 is 10.6 Å². The molecule has 108 valence electrons. The van der Waals surface area contributed by atoms with Crippen LogP contribution in [-0.2, 0) is 0 Å². The summed E-state index contributed by atoms with van der Waals surface area (Å²) in [6.45, 7) is 11.9. The van der Waals surface area contributed by atoms with Gasteiger partial charge in [-0.3, -0.25) is 0 Å². The maximum atomic E-state index is 5.91. The van der Waals surface area contributed by atoms with Gasteiger partial charge in [0.1, 0.15) is 0 Å². The zero-order chi connectivity index (χ0) is 14.8. The van der Waals surface area contributed by atoms with E-state index in [1.807, 2.05) is 0 Å². The normalized spacial score (nSPS) is 13.9. The van der Waals surface area contributed by atoms with Gasteiger partial charge in [-0.05, 0) is 75.5 Å². The SMILES string of the molecule is Cc1ccc(C(CC(C)(C)CN)N(C)C)c(C)c1C. The predicted molar refractivity (Wildman–Crippen MR) is 84.5 cm³/mol. The number of nitrogens with zero attached hydrogens (tertiary/aromatic N) is 1. The van der Waals surface area contributed by atoms with Crippen molar-refractivity contribution in [3.63, 3.8) is 0 Å². The molecule has 0 bridgehead atoms. The number of hydrogen-bond acceptors (Lipinski definition) is 2. The lowest BCUT2D eigenvalue weighted by Gasteiger charge is -2.34. The van der Waals surface area contributed by atoms with Crippen LogP contribution in [0.5, 0.6) is 0 Å². The first-order valence-corrected chi connectivity index (χ1v) is 7.13. The largest absolute Gasteiger partial charge is 0.330 e. The van der Waals surface area contributed by atoms with Crippen LogP contribution in [0.25, 0.3) is 0 Å². The summed E-state index contributed by atoms with van der Waals surface area (Å²) in [6, 6.07) is 4.95. The van der Waals surface area contributed by atoms with Crippen LogP contribution in [0.1, 0.15) is 48.6 Å². The van der Waals surface area contributed by atoms with Crippen molar-refractivity contribution in [1.29, 1.82) is 0 Å². The van der Waals surface area contributed by atoms with Crippen molar-refractivity contribution < 1.29 is 0 Å². The van der Waals surface area contributed by atoms with E-state index >= 15 is 0 Å². The Labute approximate surface area is 119 Å². The van der Waals surface area contributed by atoms with Crippen LogP contribution in [0.2, 0.25) is 0 Å². The molecular weight excluding hydrogens is 232 g/mol. The Kier molecular flexibility index (Phi) is 5.17. The van der Waals surface area contributed by atoms with E-state index in [9.17, 15) is 0 Å². The van der Waals surface area contributed by atoms with Crippen molar-refractivity contribution >= 4 is 0 Å². The summed E-state index contributed by atoms with van der Waals surface area (Å²) in [5.41, 5.74) is 11.7. The topological polar surface area (TPSA) is 29.3 Å². The molecular formula is C17H30N2. The molecule has 0 saturated carbocycles. The van der Waals surface area contributed by atoms with E-state index in [0.717, 1.165) is 13.0 Å². The number of rotatable bonds is 5. The maximum Gasteiger partial charge on any atom is 0.0350 e. The molecule has 0 aliphatic rings. The summed E-state index contributed by atoms with van der Waals surface area (Å²) in [6.07, 6.45) is 1.08. The average Bonchev–Trinajstić information content (AvgIpc) is 2.34. The maximum absolute atomic E-state index is 5.91. The molecule has 0 heterocycles. The summed E-state index contributed by atoms with van der Waals surface area (Å²) in [7, 11) is 4.32. The van der Waals surface area contributed by atoms with Crippen molar-refractivity contribution in [3.8, 4) is 0 Å². The second-order valence-electron chi connectivity index (χ2n) is 6.77. The molecule has 0 amide bonds. The lowest BCUT2D eigenvalue weighted by molar-refractivity contribution is 0.202. The van der Waals surface area contributed by atoms with Crippen LogP contribution in [0, 0.1) is 26.2 Å². The fourth-order valence-electron chi connectivity index (χ4n) is 2.52. The first-order chi connectivity index (χ1) is 8.69. The third-order valence-corrected chi connectivity index (χ3v) is 4.38. The highest BCUT2D eigenvalue weighted by Gasteiger charge is 2.26. The third kappa shape index (κ3) is 3.80. The fourth-order valence-corrected chi connectivity index (χ4v) is 2.52. The molecule has 0 aliphatic carbocycles. The van der Waals surface area contributed by atoms with Crippen molar-refractivity contribution in [2.24, 2.45) is 11.1 Å². The zero-order valence-electron chi connectivity index (χ0n) is 13.7. The summed E-state index contributed by atoms with van der Waals surface area (Å²) in [5.74, 6) is 0. The summed E-state index contributed by atoms with van der Waals surface area (Å²) in [5, 5.41) is 0. The number of hydrogen-bond donors (Lipinski definition) is 1. The minimum absolute atomic E-state index is 0.167. The zero-order valence-corrected chi connectivity index (χ0v) is 13.7. The Hall–Kier alpha value is -0.860. The molecule has 1 rings (SSSR count). The van der Waals surface area contributed by atoms with E-state index in [0.29, 0.717) is 6.04 Å². The van der Waals surface area contributed by atoms with E-state index in [2.05, 4.69) is 65.7 Å². The highest BCUT2D eigenvalue weighted by Crippen LogP contribution is 2.35. The van der Waals surface area contributed by atoms with E-state index in [-0.39, 0.29) is 5.41 Å². The van der Waals surface area contributed by atoms with Crippen molar-refractivity contribution in [2.75, 3.05) is 20.6 Å². The van der Waals surface area contributed by atoms with Gasteiger partial charge in [0.2, 0.25) is 0 Å². The molecule has 0 radical (unpaired) electrons. The lowest BCUT2D eigenvalue weighted by Crippen LogP contribution is -2.31. The standard InChI is InChI=1S/C17H30N2/c1-12-8-9-15(14(3)13(12)2)16(19(6)7)10-17(4,5)11-18/h8-9,16H,10-11,18H2,1-7H3. The molecule has 0 fully saturated rings. The Bertz CT molecular complexity index is 433. The van der Waals surface area contributed by atoms with E-state index in [1.165, 1.54) is 22.3 Å². The van der Waals surface area contributed by atoms with Gasteiger partial charge in [0.15, 0.2) is 0 Å². The fraction of sp³-hybridized carbons (Fsp3) is 0.647. The summed E-state index contributed by atoms with van der Waals surface area (Å²) in [4.78, 5) is 2.31. The second kappa shape index (κ2) is 6.06. The number of nitrogens with two attached hydrogens (primary N) is 1. The molecule has 1 aromatic rings. The van der Waals surface area contributed by atoms with Gasteiger partial charge in [-0.1, -0.05) is 26.0 Å². The molecule has 0 aromatic heterocycles. The van der Waals surface area contributed by atoms with Crippen LogP contribution < -0.4 is 5.73 Å². The predicted octanol–water partition coefficient (Wildman–Crippen LogP) is 3.59. The molecule has 0 aliphatic heterocycles. The molecule has 1 unspecified atom stereocenters. The highest BCUT2D eigenvalue weighted by molar-refractivity contribution is 5.40. The van der Waals surface area contributed by atoms with Crippen LogP contribution in [0.3, 0.4) is 0 Å². The Morgan fingerprint density at radius 1 is 1.11 bits per heavy atom. The van der Waals surface area contributed by atoms with Gasteiger partial charge in [-0.15, -0.1) is 0 Å². The minimum Gasteiger partial charge on any atom is -0.330 e. The Morgan fingerprint density at radius 3 is 2.16 bits per heavy atom. The Morgan fingerprint density at radius 2 is 1.68 bits per heavy atom. The average molecular weight is 262 g/mol. The van der Waals surface area contributed by atoms with Crippen molar-refractivity contribution in [2.45, 2.75) is 47.1 Å². The molecule has 0 saturated heterocycles. The quantitative estimate of drug-likeness (QED) is 0.878. The molecule has 2 nitrogen and oxygen atoms in total. The monoisotopic (exact) mass is 262 g/mol. The van der Waals surface area contributed by atoms with Crippen LogP contribution in [-0.4, -0.2) is 25.5 Å². The third-order valence-electron chi connectivity index (χ3n) is 4.38. The summed E-state index contributed by atoms with van der Waals surface area (Å²) < 4.78 is 0. The van der Waals surface area contributed by atoms with Gasteiger partial charge >= 0.3 is 0 Å². The molecule has 19 heavy (non-hydrogen) atoms. The lowest BCUT2D eigenvalue weighted by atomic mass is 9.81. The molecule has 2 N–H and O–H groups in total. The molecule has 2 heteroatoms. The molecule has 0 spiro atoms. The Balaban J connectivity index is 3.17. The van der Waals surface area contributed by atoms with Gasteiger partial charge in [-0.2, -0.15) is 0 Å². The molecule has 1 aromatic carbocycles. The number of benzene rings is 1. The molecule has 1 atom stereocenters. The first-order valence-electron chi connectivity index (χ1n) is 7.13. The van der Waals surface area contributed by atoms with Gasteiger partial charge in [-0.25, -0.2) is 0 Å².